The Morgan fingerprint density at radius 3 is 2.79 bits per heavy atom. The average Bonchev–Trinajstić information content (AvgIpc) is 2.60. The Morgan fingerprint density at radius 2 is 2.08 bits per heavy atom. The SMILES string of the molecule is C=CCOc1ccc(C=NNC(=O)c2ccccc2Cl)cc1OC. The third kappa shape index (κ3) is 4.60. The molecule has 0 heterocycles. The molecule has 0 aliphatic rings. The van der Waals surface area contributed by atoms with E-state index in [-0.39, 0.29) is 5.91 Å². The molecular formula is C18H17ClN2O3. The molecule has 0 unspecified atom stereocenters. The molecule has 24 heavy (non-hydrogen) atoms. The van der Waals surface area contributed by atoms with Crippen molar-refractivity contribution in [3.63, 3.8) is 0 Å². The monoisotopic (exact) mass is 344 g/mol. The van der Waals surface area contributed by atoms with E-state index in [4.69, 9.17) is 21.1 Å². The summed E-state index contributed by atoms with van der Waals surface area (Å²) in [4.78, 5) is 12.0. The predicted octanol–water partition coefficient (Wildman–Crippen LogP) is 3.68. The van der Waals surface area contributed by atoms with Crippen LogP contribution in [0.1, 0.15) is 15.9 Å². The fourth-order valence-corrected chi connectivity index (χ4v) is 2.12. The van der Waals surface area contributed by atoms with Crippen molar-refractivity contribution in [2.24, 2.45) is 5.10 Å². The number of halogens is 1. The first-order valence-electron chi connectivity index (χ1n) is 7.15. The largest absolute Gasteiger partial charge is 0.493 e. The molecule has 1 amide bonds. The molecule has 6 heteroatoms. The standard InChI is InChI=1S/C18H17ClN2O3/c1-3-10-24-16-9-8-13(11-17(16)23-2)12-20-21-18(22)14-6-4-5-7-15(14)19/h3-9,11-12H,1,10H2,2H3,(H,21,22). The smallest absolute Gasteiger partial charge is 0.272 e. The van der Waals surface area contributed by atoms with Crippen LogP contribution in [0.5, 0.6) is 11.5 Å². The summed E-state index contributed by atoms with van der Waals surface area (Å²) < 4.78 is 10.7. The van der Waals surface area contributed by atoms with Crippen molar-refractivity contribution in [2.75, 3.05) is 13.7 Å². The maximum atomic E-state index is 12.0. The Bertz CT molecular complexity index is 760. The van der Waals surface area contributed by atoms with E-state index in [2.05, 4.69) is 17.1 Å². The molecule has 0 spiro atoms. The van der Waals surface area contributed by atoms with E-state index in [0.29, 0.717) is 28.7 Å². The topological polar surface area (TPSA) is 59.9 Å². The number of carbonyl (C=O) groups excluding carboxylic acids is 1. The molecule has 2 aromatic rings. The van der Waals surface area contributed by atoms with Gasteiger partial charge in [-0.05, 0) is 35.9 Å². The van der Waals surface area contributed by atoms with Crippen LogP contribution in [0.4, 0.5) is 0 Å². The lowest BCUT2D eigenvalue weighted by atomic mass is 10.2. The van der Waals surface area contributed by atoms with E-state index in [1.165, 1.54) is 6.21 Å². The van der Waals surface area contributed by atoms with Crippen LogP contribution in [-0.2, 0) is 0 Å². The number of hydrazone groups is 1. The molecule has 0 saturated carbocycles. The second-order valence-corrected chi connectivity index (χ2v) is 5.10. The number of rotatable bonds is 7. The van der Waals surface area contributed by atoms with E-state index in [1.54, 1.807) is 55.7 Å². The van der Waals surface area contributed by atoms with Gasteiger partial charge < -0.3 is 9.47 Å². The molecule has 5 nitrogen and oxygen atoms in total. The van der Waals surface area contributed by atoms with Crippen molar-refractivity contribution >= 4 is 23.7 Å². The fraction of sp³-hybridized carbons (Fsp3) is 0.111. The van der Waals surface area contributed by atoms with Crippen LogP contribution in [-0.4, -0.2) is 25.8 Å². The molecule has 0 aromatic heterocycles. The van der Waals surface area contributed by atoms with Crippen molar-refractivity contribution in [1.82, 2.24) is 5.43 Å². The zero-order valence-corrected chi connectivity index (χ0v) is 13.9. The van der Waals surface area contributed by atoms with E-state index < -0.39 is 0 Å². The fourth-order valence-electron chi connectivity index (χ4n) is 1.90. The van der Waals surface area contributed by atoms with Gasteiger partial charge in [0.05, 0.1) is 23.9 Å². The number of nitrogens with zero attached hydrogens (tertiary/aromatic N) is 1. The van der Waals surface area contributed by atoms with Gasteiger partial charge in [0, 0.05) is 0 Å². The van der Waals surface area contributed by atoms with E-state index in [0.717, 1.165) is 5.56 Å². The van der Waals surface area contributed by atoms with Crippen LogP contribution >= 0.6 is 11.6 Å². The molecule has 0 radical (unpaired) electrons. The highest BCUT2D eigenvalue weighted by molar-refractivity contribution is 6.33. The van der Waals surface area contributed by atoms with Crippen LogP contribution in [0.25, 0.3) is 0 Å². The van der Waals surface area contributed by atoms with Gasteiger partial charge in [-0.2, -0.15) is 5.10 Å². The van der Waals surface area contributed by atoms with Crippen LogP contribution in [0.3, 0.4) is 0 Å². The Morgan fingerprint density at radius 1 is 1.29 bits per heavy atom. The lowest BCUT2D eigenvalue weighted by molar-refractivity contribution is 0.0955. The van der Waals surface area contributed by atoms with Gasteiger partial charge in [-0.25, -0.2) is 5.43 Å². The molecule has 2 rings (SSSR count). The van der Waals surface area contributed by atoms with Gasteiger partial charge in [-0.15, -0.1) is 0 Å². The molecule has 0 aliphatic carbocycles. The summed E-state index contributed by atoms with van der Waals surface area (Å²) in [5, 5.41) is 4.30. The molecule has 0 atom stereocenters. The minimum absolute atomic E-state index is 0.363. The number of amides is 1. The van der Waals surface area contributed by atoms with Crippen molar-refractivity contribution in [2.45, 2.75) is 0 Å². The highest BCUT2D eigenvalue weighted by Gasteiger charge is 2.08. The van der Waals surface area contributed by atoms with Crippen molar-refractivity contribution < 1.29 is 14.3 Å². The Kier molecular flexibility index (Phi) is 6.40. The zero-order valence-electron chi connectivity index (χ0n) is 13.2. The Hall–Kier alpha value is -2.79. The maximum Gasteiger partial charge on any atom is 0.272 e. The Balaban J connectivity index is 2.05. The van der Waals surface area contributed by atoms with Gasteiger partial charge in [-0.1, -0.05) is 36.4 Å². The molecule has 124 valence electrons. The minimum atomic E-state index is -0.380. The first-order valence-corrected chi connectivity index (χ1v) is 7.53. The van der Waals surface area contributed by atoms with Gasteiger partial charge >= 0.3 is 0 Å². The summed E-state index contributed by atoms with van der Waals surface area (Å²) >= 11 is 5.96. The third-order valence-electron chi connectivity index (χ3n) is 3.04. The summed E-state index contributed by atoms with van der Waals surface area (Å²) in [7, 11) is 1.55. The quantitative estimate of drug-likeness (QED) is 0.473. The van der Waals surface area contributed by atoms with Crippen LogP contribution in [0.15, 0.2) is 60.2 Å². The molecule has 1 N–H and O–H groups in total. The number of benzene rings is 2. The summed E-state index contributed by atoms with van der Waals surface area (Å²) in [5.74, 6) is 0.794. The van der Waals surface area contributed by atoms with Crippen LogP contribution in [0, 0.1) is 0 Å². The number of hydrogen-bond acceptors (Lipinski definition) is 4. The normalized spacial score (nSPS) is 10.4. The molecule has 0 fully saturated rings. The average molecular weight is 345 g/mol. The lowest BCUT2D eigenvalue weighted by Gasteiger charge is -2.09. The van der Waals surface area contributed by atoms with E-state index >= 15 is 0 Å². The summed E-state index contributed by atoms with van der Waals surface area (Å²) in [6, 6.07) is 12.1. The van der Waals surface area contributed by atoms with Crippen LogP contribution < -0.4 is 14.9 Å². The van der Waals surface area contributed by atoms with Gasteiger partial charge in [0.25, 0.3) is 5.91 Å². The third-order valence-corrected chi connectivity index (χ3v) is 3.37. The second-order valence-electron chi connectivity index (χ2n) is 4.69. The Labute approximate surface area is 145 Å². The highest BCUT2D eigenvalue weighted by atomic mass is 35.5. The summed E-state index contributed by atoms with van der Waals surface area (Å²) in [6.45, 7) is 3.99. The number of carbonyl (C=O) groups is 1. The number of ether oxygens (including phenoxy) is 2. The lowest BCUT2D eigenvalue weighted by Crippen LogP contribution is -2.17. The van der Waals surface area contributed by atoms with E-state index in [9.17, 15) is 4.79 Å². The van der Waals surface area contributed by atoms with Crippen molar-refractivity contribution in [3.05, 3.63) is 71.3 Å². The van der Waals surface area contributed by atoms with Gasteiger partial charge in [0.1, 0.15) is 6.61 Å². The summed E-state index contributed by atoms with van der Waals surface area (Å²) in [5.41, 5.74) is 3.55. The first kappa shape index (κ1) is 17.6. The molecule has 0 bridgehead atoms. The first-order chi connectivity index (χ1) is 11.7. The maximum absolute atomic E-state index is 12.0. The zero-order chi connectivity index (χ0) is 17.4. The van der Waals surface area contributed by atoms with Gasteiger partial charge in [0.15, 0.2) is 11.5 Å². The van der Waals surface area contributed by atoms with Gasteiger partial charge in [0.2, 0.25) is 0 Å². The second kappa shape index (κ2) is 8.74. The highest BCUT2D eigenvalue weighted by Crippen LogP contribution is 2.27. The van der Waals surface area contributed by atoms with E-state index in [1.807, 2.05) is 0 Å². The van der Waals surface area contributed by atoms with Crippen LogP contribution in [0.2, 0.25) is 5.02 Å². The minimum Gasteiger partial charge on any atom is -0.493 e. The number of methoxy groups -OCH3 is 1. The number of nitrogens with one attached hydrogen (secondary N) is 1. The molecular weight excluding hydrogens is 328 g/mol. The van der Waals surface area contributed by atoms with Crippen molar-refractivity contribution in [1.29, 1.82) is 0 Å². The van der Waals surface area contributed by atoms with Crippen molar-refractivity contribution in [3.8, 4) is 11.5 Å². The molecule has 2 aromatic carbocycles. The summed E-state index contributed by atoms with van der Waals surface area (Å²) in [6.07, 6.45) is 3.16. The predicted molar refractivity (Wildman–Crippen MR) is 95.2 cm³/mol. The van der Waals surface area contributed by atoms with Gasteiger partial charge in [-0.3, -0.25) is 4.79 Å². The molecule has 0 saturated heterocycles. The molecule has 0 aliphatic heterocycles. The number of hydrogen-bond donors (Lipinski definition) is 1.